The molecule has 0 aromatic heterocycles. The minimum absolute atomic E-state index is 0.0225. The predicted molar refractivity (Wildman–Crippen MR) is 88.4 cm³/mol. The summed E-state index contributed by atoms with van der Waals surface area (Å²) in [4.78, 5) is 7.07. The fraction of sp³-hybridized carbons (Fsp3) is 0.611. The molecule has 3 rings (SSSR count). The van der Waals surface area contributed by atoms with Gasteiger partial charge in [0.05, 0.1) is 12.1 Å². The first kappa shape index (κ1) is 14.4. The van der Waals surface area contributed by atoms with Gasteiger partial charge in [-0.15, -0.1) is 0 Å². The van der Waals surface area contributed by atoms with Crippen molar-refractivity contribution in [2.75, 3.05) is 6.54 Å². The third kappa shape index (κ3) is 2.33. The molecule has 1 saturated carbocycles. The second-order valence-corrected chi connectivity index (χ2v) is 6.42. The van der Waals surface area contributed by atoms with E-state index < -0.39 is 0 Å². The zero-order chi connectivity index (χ0) is 14.9. The van der Waals surface area contributed by atoms with Gasteiger partial charge < -0.3 is 10.6 Å². The van der Waals surface area contributed by atoms with Gasteiger partial charge in [-0.3, -0.25) is 4.99 Å². The van der Waals surface area contributed by atoms with Crippen LogP contribution in [0.3, 0.4) is 0 Å². The molecule has 0 radical (unpaired) electrons. The Morgan fingerprint density at radius 1 is 1.19 bits per heavy atom. The lowest BCUT2D eigenvalue weighted by atomic mass is 9.84. The number of hydrogen-bond donors (Lipinski definition) is 1. The molecular weight excluding hydrogens is 258 g/mol. The third-order valence-electron chi connectivity index (χ3n) is 5.38. The number of aliphatic imine (C=N–C) groups is 1. The van der Waals surface area contributed by atoms with Crippen molar-refractivity contribution >= 4 is 5.96 Å². The molecule has 3 heteroatoms. The fourth-order valence-electron chi connectivity index (χ4n) is 4.05. The van der Waals surface area contributed by atoms with Crippen LogP contribution in [0.4, 0.5) is 0 Å². The average molecular weight is 285 g/mol. The van der Waals surface area contributed by atoms with Gasteiger partial charge >= 0.3 is 0 Å². The molecule has 0 bridgehead atoms. The lowest BCUT2D eigenvalue weighted by Crippen LogP contribution is -2.53. The second-order valence-electron chi connectivity index (χ2n) is 6.42. The molecule has 0 spiro atoms. The number of benzene rings is 1. The van der Waals surface area contributed by atoms with Crippen molar-refractivity contribution in [3.05, 3.63) is 35.4 Å². The van der Waals surface area contributed by atoms with Crippen LogP contribution in [0.15, 0.2) is 29.3 Å². The average Bonchev–Trinajstić information content (AvgIpc) is 3.15. The largest absolute Gasteiger partial charge is 0.370 e. The smallest absolute Gasteiger partial charge is 0.192 e. The SMILES string of the molecule is CCc1ccc(C2(CC)CN=C(N)N2C2CCCC2)cc1. The summed E-state index contributed by atoms with van der Waals surface area (Å²) in [6.45, 7) is 5.27. The van der Waals surface area contributed by atoms with Gasteiger partial charge in [0.25, 0.3) is 0 Å². The summed E-state index contributed by atoms with van der Waals surface area (Å²) >= 11 is 0. The molecule has 1 unspecified atom stereocenters. The topological polar surface area (TPSA) is 41.6 Å². The van der Waals surface area contributed by atoms with Crippen LogP contribution in [0.25, 0.3) is 0 Å². The van der Waals surface area contributed by atoms with Gasteiger partial charge in [0.1, 0.15) is 0 Å². The molecule has 0 saturated heterocycles. The summed E-state index contributed by atoms with van der Waals surface area (Å²) in [6.07, 6.45) is 7.30. The highest BCUT2D eigenvalue weighted by Crippen LogP contribution is 2.41. The van der Waals surface area contributed by atoms with E-state index in [1.807, 2.05) is 0 Å². The summed E-state index contributed by atoms with van der Waals surface area (Å²) < 4.78 is 0. The lowest BCUT2D eigenvalue weighted by Gasteiger charge is -2.43. The van der Waals surface area contributed by atoms with E-state index in [4.69, 9.17) is 5.73 Å². The summed E-state index contributed by atoms with van der Waals surface area (Å²) in [5.74, 6) is 0.753. The molecule has 1 fully saturated rings. The molecule has 2 N–H and O–H groups in total. The number of rotatable bonds is 4. The maximum absolute atomic E-state index is 6.28. The molecule has 1 atom stereocenters. The van der Waals surface area contributed by atoms with E-state index in [-0.39, 0.29) is 5.54 Å². The molecule has 3 nitrogen and oxygen atoms in total. The Morgan fingerprint density at radius 3 is 2.43 bits per heavy atom. The molecule has 1 heterocycles. The van der Waals surface area contributed by atoms with E-state index in [0.29, 0.717) is 6.04 Å². The van der Waals surface area contributed by atoms with Crippen LogP contribution in [0.5, 0.6) is 0 Å². The van der Waals surface area contributed by atoms with Crippen LogP contribution in [0.1, 0.15) is 57.1 Å². The van der Waals surface area contributed by atoms with Crippen molar-refractivity contribution in [3.8, 4) is 0 Å². The zero-order valence-electron chi connectivity index (χ0n) is 13.3. The van der Waals surface area contributed by atoms with Crippen LogP contribution in [0, 0.1) is 0 Å². The number of guanidine groups is 1. The van der Waals surface area contributed by atoms with Crippen LogP contribution >= 0.6 is 0 Å². The number of nitrogens with zero attached hydrogens (tertiary/aromatic N) is 2. The quantitative estimate of drug-likeness (QED) is 0.921. The second kappa shape index (κ2) is 5.70. The number of hydrogen-bond acceptors (Lipinski definition) is 3. The van der Waals surface area contributed by atoms with Gasteiger partial charge in [0.15, 0.2) is 5.96 Å². The van der Waals surface area contributed by atoms with E-state index in [1.165, 1.54) is 36.8 Å². The van der Waals surface area contributed by atoms with Crippen molar-refractivity contribution in [2.24, 2.45) is 10.7 Å². The molecule has 1 aromatic carbocycles. The zero-order valence-corrected chi connectivity index (χ0v) is 13.3. The molecular formula is C18H27N3. The summed E-state index contributed by atoms with van der Waals surface area (Å²) in [5.41, 5.74) is 9.02. The highest BCUT2D eigenvalue weighted by Gasteiger charge is 2.46. The van der Waals surface area contributed by atoms with Crippen molar-refractivity contribution in [2.45, 2.75) is 64.0 Å². The van der Waals surface area contributed by atoms with Gasteiger partial charge in [-0.2, -0.15) is 0 Å². The van der Waals surface area contributed by atoms with Crippen LogP contribution in [-0.4, -0.2) is 23.4 Å². The number of aryl methyl sites for hydroxylation is 1. The summed E-state index contributed by atoms with van der Waals surface area (Å²) in [7, 11) is 0. The van der Waals surface area contributed by atoms with E-state index in [0.717, 1.165) is 25.3 Å². The summed E-state index contributed by atoms with van der Waals surface area (Å²) in [5, 5.41) is 0. The molecule has 0 amide bonds. The molecule has 1 aliphatic heterocycles. The highest BCUT2D eigenvalue weighted by molar-refractivity contribution is 5.81. The summed E-state index contributed by atoms with van der Waals surface area (Å²) in [6, 6.07) is 9.67. The van der Waals surface area contributed by atoms with Crippen molar-refractivity contribution < 1.29 is 0 Å². The standard InChI is InChI=1S/C18H27N3/c1-3-14-9-11-15(12-10-14)18(4-2)13-20-17(19)21(18)16-7-5-6-8-16/h9-12,16H,3-8,13H2,1-2H3,(H2,19,20). The van der Waals surface area contributed by atoms with Gasteiger partial charge in [-0.25, -0.2) is 0 Å². The lowest BCUT2D eigenvalue weighted by molar-refractivity contribution is 0.143. The monoisotopic (exact) mass is 285 g/mol. The first-order valence-corrected chi connectivity index (χ1v) is 8.40. The third-order valence-corrected chi connectivity index (χ3v) is 5.38. The van der Waals surface area contributed by atoms with E-state index in [2.05, 4.69) is 48.0 Å². The first-order valence-electron chi connectivity index (χ1n) is 8.40. The van der Waals surface area contributed by atoms with Gasteiger partial charge in [-0.05, 0) is 36.8 Å². The van der Waals surface area contributed by atoms with E-state index >= 15 is 0 Å². The Hall–Kier alpha value is -1.51. The normalized spacial score (nSPS) is 26.4. The Balaban J connectivity index is 1.97. The van der Waals surface area contributed by atoms with Crippen LogP contribution < -0.4 is 5.73 Å². The van der Waals surface area contributed by atoms with E-state index in [1.54, 1.807) is 0 Å². The molecule has 21 heavy (non-hydrogen) atoms. The maximum Gasteiger partial charge on any atom is 0.192 e. The molecule has 114 valence electrons. The van der Waals surface area contributed by atoms with Crippen LogP contribution in [0.2, 0.25) is 0 Å². The Kier molecular flexibility index (Phi) is 3.92. The molecule has 1 aliphatic carbocycles. The Morgan fingerprint density at radius 2 is 1.86 bits per heavy atom. The molecule has 2 aliphatic rings. The fourth-order valence-corrected chi connectivity index (χ4v) is 4.05. The molecule has 1 aromatic rings. The minimum Gasteiger partial charge on any atom is -0.370 e. The Labute approximate surface area is 128 Å². The predicted octanol–water partition coefficient (Wildman–Crippen LogP) is 3.43. The number of nitrogens with two attached hydrogens (primary N) is 1. The van der Waals surface area contributed by atoms with Gasteiger partial charge in [-0.1, -0.05) is 51.0 Å². The van der Waals surface area contributed by atoms with Gasteiger partial charge in [0, 0.05) is 6.04 Å². The van der Waals surface area contributed by atoms with Crippen molar-refractivity contribution in [1.82, 2.24) is 4.90 Å². The Bertz CT molecular complexity index is 514. The van der Waals surface area contributed by atoms with Crippen molar-refractivity contribution in [1.29, 1.82) is 0 Å². The first-order chi connectivity index (χ1) is 10.2. The maximum atomic E-state index is 6.28. The van der Waals surface area contributed by atoms with Gasteiger partial charge in [0.2, 0.25) is 0 Å². The minimum atomic E-state index is -0.0225. The van der Waals surface area contributed by atoms with Crippen molar-refractivity contribution in [3.63, 3.8) is 0 Å². The van der Waals surface area contributed by atoms with Crippen LogP contribution in [-0.2, 0) is 12.0 Å². The van der Waals surface area contributed by atoms with E-state index in [9.17, 15) is 0 Å². The highest BCUT2D eigenvalue weighted by atomic mass is 15.4.